The van der Waals surface area contributed by atoms with E-state index in [2.05, 4.69) is 44.2 Å². The predicted molar refractivity (Wildman–Crippen MR) is 121 cm³/mol. The van der Waals surface area contributed by atoms with Gasteiger partial charge in [-0.2, -0.15) is 10.4 Å². The topological polar surface area (TPSA) is 112 Å². The second-order valence-electron chi connectivity index (χ2n) is 8.04. The van der Waals surface area contributed by atoms with Crippen LogP contribution in [0.4, 0.5) is 11.6 Å². The number of H-pyrrole nitrogens is 1. The van der Waals surface area contributed by atoms with Crippen LogP contribution < -0.4 is 10.1 Å². The average molecular weight is 434 g/mol. The normalized spacial score (nSPS) is 16.3. The monoisotopic (exact) mass is 433 g/mol. The molecule has 0 spiro atoms. The fraction of sp³-hybridized carbons (Fsp3) is 0.391. The van der Waals surface area contributed by atoms with Crippen molar-refractivity contribution in [3.05, 3.63) is 47.9 Å². The van der Waals surface area contributed by atoms with Crippen molar-refractivity contribution in [2.24, 2.45) is 0 Å². The molecule has 32 heavy (non-hydrogen) atoms. The molecule has 1 saturated heterocycles. The zero-order valence-electron chi connectivity index (χ0n) is 18.5. The molecule has 2 N–H and O–H groups in total. The SMILES string of the molecule is COc1cc(COC2CCN(C(C)C)C2)ccc1-c1cc(Nc2cnc(C#N)cn2)n[nH]1. The Balaban J connectivity index is 1.41. The second kappa shape index (κ2) is 9.77. The summed E-state index contributed by atoms with van der Waals surface area (Å²) in [6, 6.07) is 10.4. The Morgan fingerprint density at radius 3 is 2.81 bits per heavy atom. The lowest BCUT2D eigenvalue weighted by Gasteiger charge is -2.20. The van der Waals surface area contributed by atoms with E-state index in [0.29, 0.717) is 24.3 Å². The third kappa shape index (κ3) is 5.04. The quantitative estimate of drug-likeness (QED) is 0.555. The number of aromatic amines is 1. The molecule has 0 aliphatic carbocycles. The molecule has 0 radical (unpaired) electrons. The van der Waals surface area contributed by atoms with Gasteiger partial charge >= 0.3 is 0 Å². The van der Waals surface area contributed by atoms with Crippen LogP contribution in [-0.2, 0) is 11.3 Å². The van der Waals surface area contributed by atoms with E-state index < -0.39 is 0 Å². The van der Waals surface area contributed by atoms with Crippen molar-refractivity contribution in [1.29, 1.82) is 5.26 Å². The molecule has 0 saturated carbocycles. The van der Waals surface area contributed by atoms with Crippen LogP contribution >= 0.6 is 0 Å². The molecular formula is C23H27N7O2. The fourth-order valence-corrected chi connectivity index (χ4v) is 3.73. The van der Waals surface area contributed by atoms with Crippen molar-refractivity contribution in [2.75, 3.05) is 25.5 Å². The first-order chi connectivity index (χ1) is 15.6. The lowest BCUT2D eigenvalue weighted by atomic mass is 10.1. The number of hydrogen-bond donors (Lipinski definition) is 2. The van der Waals surface area contributed by atoms with Crippen LogP contribution in [0.2, 0.25) is 0 Å². The van der Waals surface area contributed by atoms with Gasteiger partial charge in [-0.3, -0.25) is 10.00 Å². The van der Waals surface area contributed by atoms with Crippen LogP contribution in [0.1, 0.15) is 31.5 Å². The molecule has 1 fully saturated rings. The van der Waals surface area contributed by atoms with Gasteiger partial charge in [0, 0.05) is 30.8 Å². The number of nitrogens with one attached hydrogen (secondary N) is 2. The first-order valence-corrected chi connectivity index (χ1v) is 10.6. The van der Waals surface area contributed by atoms with E-state index in [0.717, 1.165) is 42.1 Å². The molecule has 1 aliphatic heterocycles. The van der Waals surface area contributed by atoms with Gasteiger partial charge in [-0.15, -0.1) is 0 Å². The van der Waals surface area contributed by atoms with Gasteiger partial charge in [-0.1, -0.05) is 6.07 Å². The Morgan fingerprint density at radius 1 is 1.25 bits per heavy atom. The van der Waals surface area contributed by atoms with Gasteiger partial charge < -0.3 is 14.8 Å². The molecule has 1 aliphatic rings. The van der Waals surface area contributed by atoms with Crippen molar-refractivity contribution < 1.29 is 9.47 Å². The summed E-state index contributed by atoms with van der Waals surface area (Å²) in [5.74, 6) is 1.84. The van der Waals surface area contributed by atoms with E-state index in [-0.39, 0.29) is 11.8 Å². The number of anilines is 2. The van der Waals surface area contributed by atoms with E-state index in [4.69, 9.17) is 14.7 Å². The maximum absolute atomic E-state index is 8.82. The highest BCUT2D eigenvalue weighted by Crippen LogP contribution is 2.31. The highest BCUT2D eigenvalue weighted by atomic mass is 16.5. The van der Waals surface area contributed by atoms with Gasteiger partial charge in [0.1, 0.15) is 17.6 Å². The van der Waals surface area contributed by atoms with Crippen molar-refractivity contribution in [3.63, 3.8) is 0 Å². The van der Waals surface area contributed by atoms with Crippen LogP contribution in [-0.4, -0.2) is 57.4 Å². The highest BCUT2D eigenvalue weighted by molar-refractivity contribution is 5.71. The number of nitriles is 1. The van der Waals surface area contributed by atoms with Gasteiger partial charge in [0.25, 0.3) is 0 Å². The smallest absolute Gasteiger partial charge is 0.158 e. The van der Waals surface area contributed by atoms with Crippen molar-refractivity contribution in [2.45, 2.75) is 39.0 Å². The number of aromatic nitrogens is 4. The predicted octanol–water partition coefficient (Wildman–Crippen LogP) is 3.49. The third-order valence-electron chi connectivity index (χ3n) is 5.55. The molecule has 4 rings (SSSR count). The van der Waals surface area contributed by atoms with E-state index in [1.165, 1.54) is 12.4 Å². The Hall–Kier alpha value is -3.48. The maximum Gasteiger partial charge on any atom is 0.158 e. The van der Waals surface area contributed by atoms with Crippen LogP contribution in [0, 0.1) is 11.3 Å². The zero-order valence-corrected chi connectivity index (χ0v) is 18.5. The molecule has 3 heterocycles. The van der Waals surface area contributed by atoms with E-state index in [1.807, 2.05) is 30.3 Å². The average Bonchev–Trinajstić information content (AvgIpc) is 3.48. The lowest BCUT2D eigenvalue weighted by molar-refractivity contribution is 0.0443. The largest absolute Gasteiger partial charge is 0.496 e. The summed E-state index contributed by atoms with van der Waals surface area (Å²) in [6.45, 7) is 7.08. The molecule has 0 amide bonds. The first-order valence-electron chi connectivity index (χ1n) is 10.6. The standard InChI is InChI=1S/C23H27N7O2/c1-15(2)30-7-6-18(13-30)32-14-16-4-5-19(21(8-16)31-3)20-9-22(29-28-20)27-23-12-25-17(10-24)11-26-23/h4-5,8-9,11-12,15,18H,6-7,13-14H2,1-3H3,(H2,26,27,28,29). The van der Waals surface area contributed by atoms with E-state index in [1.54, 1.807) is 7.11 Å². The lowest BCUT2D eigenvalue weighted by Crippen LogP contribution is -2.29. The van der Waals surface area contributed by atoms with Crippen molar-refractivity contribution in [3.8, 4) is 23.1 Å². The first kappa shape index (κ1) is 21.7. The Labute approximate surface area is 187 Å². The molecule has 0 bridgehead atoms. The number of methoxy groups -OCH3 is 1. The van der Waals surface area contributed by atoms with Crippen LogP contribution in [0.3, 0.4) is 0 Å². The van der Waals surface area contributed by atoms with E-state index >= 15 is 0 Å². The van der Waals surface area contributed by atoms with Crippen molar-refractivity contribution in [1.82, 2.24) is 25.1 Å². The van der Waals surface area contributed by atoms with Gasteiger partial charge in [0.2, 0.25) is 0 Å². The Bertz CT molecular complexity index is 1090. The molecule has 1 unspecified atom stereocenters. The summed E-state index contributed by atoms with van der Waals surface area (Å²) in [5, 5.41) is 19.2. The number of rotatable bonds is 8. The van der Waals surface area contributed by atoms with Crippen molar-refractivity contribution >= 4 is 11.6 Å². The molecule has 1 atom stereocenters. The Morgan fingerprint density at radius 2 is 2.12 bits per heavy atom. The molecule has 3 aromatic rings. The third-order valence-corrected chi connectivity index (χ3v) is 5.55. The maximum atomic E-state index is 8.82. The Kier molecular flexibility index (Phi) is 6.63. The van der Waals surface area contributed by atoms with Gasteiger partial charge in [0.15, 0.2) is 11.5 Å². The zero-order chi connectivity index (χ0) is 22.5. The number of likely N-dealkylation sites (tertiary alicyclic amines) is 1. The van der Waals surface area contributed by atoms with Gasteiger partial charge in [-0.05, 0) is 38.0 Å². The van der Waals surface area contributed by atoms with Gasteiger partial charge in [-0.25, -0.2) is 9.97 Å². The fourth-order valence-electron chi connectivity index (χ4n) is 3.73. The molecule has 1 aromatic carbocycles. The van der Waals surface area contributed by atoms with Crippen LogP contribution in [0.5, 0.6) is 5.75 Å². The van der Waals surface area contributed by atoms with Gasteiger partial charge in [0.05, 0.1) is 37.9 Å². The number of ether oxygens (including phenoxy) is 2. The number of benzene rings is 1. The summed E-state index contributed by atoms with van der Waals surface area (Å²) in [5.41, 5.74) is 3.04. The van der Waals surface area contributed by atoms with Crippen LogP contribution in [0.15, 0.2) is 36.7 Å². The number of hydrogen-bond acceptors (Lipinski definition) is 8. The molecule has 9 heteroatoms. The molecule has 2 aromatic heterocycles. The molecule has 166 valence electrons. The van der Waals surface area contributed by atoms with E-state index in [9.17, 15) is 0 Å². The minimum absolute atomic E-state index is 0.261. The summed E-state index contributed by atoms with van der Waals surface area (Å²) in [6.07, 6.45) is 4.24. The molecule has 9 nitrogen and oxygen atoms in total. The second-order valence-corrected chi connectivity index (χ2v) is 8.04. The summed E-state index contributed by atoms with van der Waals surface area (Å²) >= 11 is 0. The minimum Gasteiger partial charge on any atom is -0.496 e. The minimum atomic E-state index is 0.261. The van der Waals surface area contributed by atoms with Crippen LogP contribution in [0.25, 0.3) is 11.3 Å². The summed E-state index contributed by atoms with van der Waals surface area (Å²) in [4.78, 5) is 10.6. The number of nitrogens with zero attached hydrogens (tertiary/aromatic N) is 5. The highest BCUT2D eigenvalue weighted by Gasteiger charge is 2.24. The summed E-state index contributed by atoms with van der Waals surface area (Å²) in [7, 11) is 1.66. The summed E-state index contributed by atoms with van der Waals surface area (Å²) < 4.78 is 11.8. The molecular weight excluding hydrogens is 406 g/mol.